The van der Waals surface area contributed by atoms with Crippen molar-refractivity contribution >= 4 is 9.84 Å². The highest BCUT2D eigenvalue weighted by Crippen LogP contribution is 2.32. The lowest BCUT2D eigenvalue weighted by Crippen LogP contribution is -2.31. The van der Waals surface area contributed by atoms with Crippen LogP contribution in [0.2, 0.25) is 0 Å². The van der Waals surface area contributed by atoms with Crippen LogP contribution in [-0.4, -0.2) is 28.6 Å². The average molecular weight is 344 g/mol. The van der Waals surface area contributed by atoms with Crippen LogP contribution in [0, 0.1) is 0 Å². The van der Waals surface area contributed by atoms with Crippen LogP contribution in [0.4, 0.5) is 0 Å². The molecule has 0 amide bonds. The third-order valence-electron chi connectivity index (χ3n) is 4.56. The lowest BCUT2D eigenvalue weighted by atomic mass is 9.88. The van der Waals surface area contributed by atoms with Gasteiger partial charge in [0.15, 0.2) is 0 Å². The zero-order valence-corrected chi connectivity index (χ0v) is 14.8. The summed E-state index contributed by atoms with van der Waals surface area (Å²) in [5.41, 5.74) is 2.39. The number of hydrogen-bond donors (Lipinski definition) is 2. The monoisotopic (exact) mass is 344 g/mol. The first-order valence-corrected chi connectivity index (χ1v) is 9.92. The highest BCUT2D eigenvalue weighted by atomic mass is 32.2. The van der Waals surface area contributed by atoms with Gasteiger partial charge in [-0.15, -0.1) is 0 Å². The second-order valence-corrected chi connectivity index (χ2v) is 8.13. The van der Waals surface area contributed by atoms with E-state index in [1.54, 1.807) is 30.3 Å². The number of sulfone groups is 1. The molecule has 4 nitrogen and oxygen atoms in total. The molecule has 2 aromatic carbocycles. The predicted octanol–water partition coefficient (Wildman–Crippen LogP) is 2.71. The van der Waals surface area contributed by atoms with E-state index < -0.39 is 9.84 Å². The third-order valence-corrected chi connectivity index (χ3v) is 6.33. The molecule has 1 aliphatic carbocycles. The Hall–Kier alpha value is -1.69. The Labute approximate surface area is 144 Å². The molecule has 0 saturated heterocycles. The minimum Gasteiger partial charge on any atom is -0.318 e. The normalized spacial score (nSPS) is 17.5. The molecule has 0 saturated carbocycles. The standard InChI is InChI=1S/C19H24N2O2S/c1-20-12-13-21-19-9-5-6-15-14-17(10-11-18(15)19)24(22,23)16-7-3-2-4-8-16/h2-4,7-8,10-11,14,19-21H,5-6,9,12-13H2,1H3. The van der Waals surface area contributed by atoms with Crippen LogP contribution < -0.4 is 10.6 Å². The van der Waals surface area contributed by atoms with E-state index in [1.165, 1.54) is 5.56 Å². The zero-order chi connectivity index (χ0) is 17.0. The van der Waals surface area contributed by atoms with Crippen LogP contribution in [0.5, 0.6) is 0 Å². The van der Waals surface area contributed by atoms with E-state index in [0.29, 0.717) is 15.8 Å². The summed E-state index contributed by atoms with van der Waals surface area (Å²) in [6.45, 7) is 1.83. The molecule has 1 aliphatic rings. The maximum Gasteiger partial charge on any atom is 0.206 e. The summed E-state index contributed by atoms with van der Waals surface area (Å²) in [6.07, 6.45) is 3.12. The van der Waals surface area contributed by atoms with Crippen molar-refractivity contribution in [3.8, 4) is 0 Å². The van der Waals surface area contributed by atoms with Crippen LogP contribution in [0.25, 0.3) is 0 Å². The topological polar surface area (TPSA) is 58.2 Å². The van der Waals surface area contributed by atoms with Crippen molar-refractivity contribution in [3.63, 3.8) is 0 Å². The summed E-state index contributed by atoms with van der Waals surface area (Å²) in [5.74, 6) is 0. The van der Waals surface area contributed by atoms with Gasteiger partial charge < -0.3 is 10.6 Å². The SMILES string of the molecule is CNCCNC1CCCc2cc(S(=O)(=O)c3ccccc3)ccc21. The third kappa shape index (κ3) is 3.53. The molecule has 0 spiro atoms. The Morgan fingerprint density at radius 1 is 1.04 bits per heavy atom. The molecule has 128 valence electrons. The van der Waals surface area contributed by atoms with Crippen LogP contribution in [0.3, 0.4) is 0 Å². The van der Waals surface area contributed by atoms with Gasteiger partial charge in [0.05, 0.1) is 9.79 Å². The molecule has 0 fully saturated rings. The Morgan fingerprint density at radius 2 is 1.83 bits per heavy atom. The smallest absolute Gasteiger partial charge is 0.206 e. The molecule has 5 heteroatoms. The number of hydrogen-bond acceptors (Lipinski definition) is 4. The lowest BCUT2D eigenvalue weighted by Gasteiger charge is -2.27. The number of nitrogens with one attached hydrogen (secondary N) is 2. The van der Waals surface area contributed by atoms with Crippen LogP contribution in [0.15, 0.2) is 58.3 Å². The molecule has 0 radical (unpaired) electrons. The molecule has 24 heavy (non-hydrogen) atoms. The highest BCUT2D eigenvalue weighted by Gasteiger charge is 2.23. The van der Waals surface area contributed by atoms with Gasteiger partial charge in [-0.05, 0) is 61.7 Å². The van der Waals surface area contributed by atoms with Crippen LogP contribution >= 0.6 is 0 Å². The van der Waals surface area contributed by atoms with E-state index >= 15 is 0 Å². The Kier molecular flexibility index (Phi) is 5.33. The van der Waals surface area contributed by atoms with Gasteiger partial charge >= 0.3 is 0 Å². The molecule has 0 bridgehead atoms. The van der Waals surface area contributed by atoms with E-state index in [-0.39, 0.29) is 0 Å². The number of fused-ring (bicyclic) bond motifs is 1. The molecule has 2 aromatic rings. The fourth-order valence-corrected chi connectivity index (χ4v) is 4.61. The van der Waals surface area contributed by atoms with E-state index in [4.69, 9.17) is 0 Å². The Bertz CT molecular complexity index is 788. The van der Waals surface area contributed by atoms with Crippen molar-refractivity contribution in [1.29, 1.82) is 0 Å². The number of likely N-dealkylation sites (N-methyl/N-ethyl adjacent to an activating group) is 1. The quantitative estimate of drug-likeness (QED) is 0.791. The van der Waals surface area contributed by atoms with Crippen molar-refractivity contribution < 1.29 is 8.42 Å². The summed E-state index contributed by atoms with van der Waals surface area (Å²) in [6, 6.07) is 14.6. The van der Waals surface area contributed by atoms with Crippen molar-refractivity contribution in [1.82, 2.24) is 10.6 Å². The second kappa shape index (κ2) is 7.47. The minimum atomic E-state index is -3.44. The van der Waals surface area contributed by atoms with Gasteiger partial charge in [0.1, 0.15) is 0 Å². The number of aryl methyl sites for hydroxylation is 1. The van der Waals surface area contributed by atoms with Gasteiger partial charge in [0.2, 0.25) is 9.84 Å². The van der Waals surface area contributed by atoms with Crippen LogP contribution in [0.1, 0.15) is 30.0 Å². The summed E-state index contributed by atoms with van der Waals surface area (Å²) in [5, 5.41) is 6.69. The van der Waals surface area contributed by atoms with E-state index in [0.717, 1.165) is 37.9 Å². The molecule has 0 heterocycles. The van der Waals surface area contributed by atoms with Crippen LogP contribution in [-0.2, 0) is 16.3 Å². The van der Waals surface area contributed by atoms with E-state index in [1.807, 2.05) is 25.2 Å². The summed E-state index contributed by atoms with van der Waals surface area (Å²) >= 11 is 0. The number of benzene rings is 2. The van der Waals surface area contributed by atoms with Crippen molar-refractivity contribution in [3.05, 3.63) is 59.7 Å². The molecule has 1 unspecified atom stereocenters. The first-order chi connectivity index (χ1) is 11.6. The minimum absolute atomic E-state index is 0.315. The van der Waals surface area contributed by atoms with Crippen molar-refractivity contribution in [2.45, 2.75) is 35.1 Å². The molecule has 3 rings (SSSR count). The summed E-state index contributed by atoms with van der Waals surface area (Å²) in [4.78, 5) is 0.743. The van der Waals surface area contributed by atoms with Gasteiger partial charge in [0, 0.05) is 19.1 Å². The molecule has 2 N–H and O–H groups in total. The maximum absolute atomic E-state index is 12.8. The lowest BCUT2D eigenvalue weighted by molar-refractivity contribution is 0.458. The largest absolute Gasteiger partial charge is 0.318 e. The van der Waals surface area contributed by atoms with Crippen molar-refractivity contribution in [2.24, 2.45) is 0 Å². The van der Waals surface area contributed by atoms with Gasteiger partial charge in [-0.2, -0.15) is 0 Å². The molecular formula is C19H24N2O2S. The van der Waals surface area contributed by atoms with Gasteiger partial charge in [-0.3, -0.25) is 0 Å². The van der Waals surface area contributed by atoms with Crippen molar-refractivity contribution in [2.75, 3.05) is 20.1 Å². The zero-order valence-electron chi connectivity index (χ0n) is 14.0. The molecule has 0 aliphatic heterocycles. The number of rotatable bonds is 6. The average Bonchev–Trinajstić information content (AvgIpc) is 2.62. The maximum atomic E-state index is 12.8. The Balaban J connectivity index is 1.89. The first-order valence-electron chi connectivity index (χ1n) is 8.44. The molecule has 0 aromatic heterocycles. The summed E-state index contributed by atoms with van der Waals surface area (Å²) in [7, 11) is -1.50. The first kappa shape index (κ1) is 17.1. The fourth-order valence-electron chi connectivity index (χ4n) is 3.28. The van der Waals surface area contributed by atoms with Gasteiger partial charge in [-0.25, -0.2) is 8.42 Å². The van der Waals surface area contributed by atoms with E-state index in [2.05, 4.69) is 10.6 Å². The fraction of sp³-hybridized carbons (Fsp3) is 0.368. The summed E-state index contributed by atoms with van der Waals surface area (Å²) < 4.78 is 25.6. The van der Waals surface area contributed by atoms with E-state index in [9.17, 15) is 8.42 Å². The Morgan fingerprint density at radius 3 is 2.58 bits per heavy atom. The van der Waals surface area contributed by atoms with Gasteiger partial charge in [0.25, 0.3) is 0 Å². The van der Waals surface area contributed by atoms with Gasteiger partial charge in [-0.1, -0.05) is 24.3 Å². The predicted molar refractivity (Wildman–Crippen MR) is 95.9 cm³/mol. The molecular weight excluding hydrogens is 320 g/mol. The second-order valence-electron chi connectivity index (χ2n) is 6.18. The molecule has 1 atom stereocenters. The highest BCUT2D eigenvalue weighted by molar-refractivity contribution is 7.91.